The molecule has 21 heavy (non-hydrogen) atoms. The van der Waals surface area contributed by atoms with Crippen LogP contribution in [-0.4, -0.2) is 14.4 Å². The van der Waals surface area contributed by atoms with E-state index in [9.17, 15) is 0 Å². The van der Waals surface area contributed by atoms with Crippen LogP contribution in [0.4, 0.5) is 0 Å². The predicted molar refractivity (Wildman–Crippen MR) is 80.3 cm³/mol. The van der Waals surface area contributed by atoms with Crippen LogP contribution in [0.5, 0.6) is 0 Å². The molecule has 0 aliphatic rings. The van der Waals surface area contributed by atoms with E-state index >= 15 is 0 Å². The molecule has 1 rings (SSSR count). The van der Waals surface area contributed by atoms with Crippen molar-refractivity contribution in [2.24, 2.45) is 7.05 Å². The second kappa shape index (κ2) is 11.9. The van der Waals surface area contributed by atoms with Crippen LogP contribution in [0.1, 0.15) is 58.3 Å². The highest BCUT2D eigenvalue weighted by Crippen LogP contribution is 2.19. The Morgan fingerprint density at radius 3 is 2.00 bits per heavy atom. The first kappa shape index (κ1) is 20.3. The summed E-state index contributed by atoms with van der Waals surface area (Å²) in [7, 11) is -2.82. The van der Waals surface area contributed by atoms with Gasteiger partial charge < -0.3 is 14.7 Å². The summed E-state index contributed by atoms with van der Waals surface area (Å²) in [5.41, 5.74) is 0. The molecule has 1 aromatic heterocycles. The maximum Gasteiger partial charge on any atom is 0.262 e. The molecular weight excluding hydrogens is 291 g/mol. The van der Waals surface area contributed by atoms with E-state index in [1.807, 2.05) is 0 Å². The van der Waals surface area contributed by atoms with Crippen LogP contribution in [0, 0.1) is 0 Å². The molecule has 0 aromatic carbocycles. The molecule has 7 heteroatoms. The van der Waals surface area contributed by atoms with Gasteiger partial charge in [-0.1, -0.05) is 45.4 Å². The third-order valence-corrected chi connectivity index (χ3v) is 3.09. The van der Waals surface area contributed by atoms with Gasteiger partial charge in [0.15, 0.2) is 0 Å². The largest absolute Gasteiger partial charge is 0.756 e. The summed E-state index contributed by atoms with van der Waals surface area (Å²) in [6.07, 6.45) is 17.6. The molecule has 0 saturated heterocycles. The quantitative estimate of drug-likeness (QED) is 0.413. The lowest BCUT2D eigenvalue weighted by molar-refractivity contribution is -0.671. The molecule has 1 heterocycles. The summed E-state index contributed by atoms with van der Waals surface area (Å²) >= 11 is 0. The van der Waals surface area contributed by atoms with Crippen LogP contribution in [0.15, 0.2) is 18.7 Å². The van der Waals surface area contributed by atoms with E-state index in [-0.39, 0.29) is 0 Å². The molecule has 0 aliphatic carbocycles. The number of aryl methyl sites for hydroxylation is 2. The Hall–Kier alpha value is -0.680. The number of hydrogen-bond donors (Lipinski definition) is 2. The Morgan fingerprint density at radius 2 is 1.57 bits per heavy atom. The van der Waals surface area contributed by atoms with Crippen LogP contribution < -0.4 is 9.46 Å². The number of phosphoric acid groups is 1. The summed E-state index contributed by atoms with van der Waals surface area (Å²) in [6, 6.07) is 0. The third kappa shape index (κ3) is 17.3. The fraction of sp³-hybridized carbons (Fsp3) is 0.786. The molecule has 0 radical (unpaired) electrons. The lowest BCUT2D eigenvalue weighted by Crippen LogP contribution is -2.23. The molecular formula is C14H29N2O4P. The molecule has 0 bridgehead atoms. The van der Waals surface area contributed by atoms with E-state index in [2.05, 4.69) is 41.8 Å². The summed E-state index contributed by atoms with van der Waals surface area (Å²) < 4.78 is 13.1. The molecule has 0 atom stereocenters. The summed E-state index contributed by atoms with van der Waals surface area (Å²) in [5, 5.41) is 0. The van der Waals surface area contributed by atoms with Gasteiger partial charge in [0.2, 0.25) is 6.33 Å². The van der Waals surface area contributed by atoms with Crippen LogP contribution in [0.25, 0.3) is 0 Å². The number of hydrogen-bond acceptors (Lipinski definition) is 2. The zero-order chi connectivity index (χ0) is 16.1. The zero-order valence-electron chi connectivity index (χ0n) is 13.1. The molecule has 0 amide bonds. The van der Waals surface area contributed by atoms with Crippen molar-refractivity contribution in [3.05, 3.63) is 18.7 Å². The van der Waals surface area contributed by atoms with Gasteiger partial charge in [-0.25, -0.2) is 9.13 Å². The van der Waals surface area contributed by atoms with Crippen LogP contribution in [-0.2, 0) is 18.2 Å². The Morgan fingerprint density at radius 1 is 1.10 bits per heavy atom. The SMILES string of the molecule is CCCCCCCCCCn1cc[n+](C)c1.O=P([O-])(O)O. The predicted octanol–water partition coefficient (Wildman–Crippen LogP) is 1.89. The first-order valence-corrected chi connectivity index (χ1v) is 9.13. The van der Waals surface area contributed by atoms with Crippen LogP contribution in [0.3, 0.4) is 0 Å². The fourth-order valence-corrected chi connectivity index (χ4v) is 2.06. The van der Waals surface area contributed by atoms with E-state index in [1.165, 1.54) is 57.9 Å². The van der Waals surface area contributed by atoms with Gasteiger partial charge in [-0.3, -0.25) is 4.57 Å². The van der Waals surface area contributed by atoms with Gasteiger partial charge in [0, 0.05) is 0 Å². The first-order chi connectivity index (χ1) is 9.83. The monoisotopic (exact) mass is 320 g/mol. The second-order valence-corrected chi connectivity index (χ2v) is 6.26. The Balaban J connectivity index is 0.000000690. The van der Waals surface area contributed by atoms with Crippen molar-refractivity contribution in [2.45, 2.75) is 64.8 Å². The van der Waals surface area contributed by atoms with Gasteiger partial charge in [0.25, 0.3) is 7.82 Å². The van der Waals surface area contributed by atoms with Gasteiger partial charge in [-0.15, -0.1) is 0 Å². The normalized spacial score (nSPS) is 11.1. The third-order valence-electron chi connectivity index (χ3n) is 3.09. The molecule has 2 N–H and O–H groups in total. The molecule has 0 fully saturated rings. The smallest absolute Gasteiger partial charge is 0.262 e. The highest BCUT2D eigenvalue weighted by atomic mass is 31.2. The number of imidazole rings is 1. The standard InChI is InChI=1S/C14H27N2.H3O4P/c1-3-4-5-6-7-8-9-10-11-16-13-12-15(2)14-16;1-5(2,3)4/h12-14H,3-11H2,1-2H3;(H3,1,2,3,4)/q+1;/p-1. The van der Waals surface area contributed by atoms with Gasteiger partial charge in [-0.2, -0.15) is 0 Å². The molecule has 6 nitrogen and oxygen atoms in total. The van der Waals surface area contributed by atoms with Crippen molar-refractivity contribution in [1.29, 1.82) is 0 Å². The zero-order valence-corrected chi connectivity index (χ0v) is 14.0. The average molecular weight is 320 g/mol. The average Bonchev–Trinajstić information content (AvgIpc) is 2.76. The molecule has 0 aliphatic heterocycles. The minimum Gasteiger partial charge on any atom is -0.756 e. The van der Waals surface area contributed by atoms with E-state index in [4.69, 9.17) is 19.2 Å². The summed E-state index contributed by atoms with van der Waals surface area (Å²) in [5.74, 6) is 0. The summed E-state index contributed by atoms with van der Waals surface area (Å²) in [4.78, 5) is 22.9. The highest BCUT2D eigenvalue weighted by molar-refractivity contribution is 7.43. The van der Waals surface area contributed by atoms with Crippen molar-refractivity contribution in [1.82, 2.24) is 4.57 Å². The Bertz CT molecular complexity index is 395. The van der Waals surface area contributed by atoms with Gasteiger partial charge >= 0.3 is 0 Å². The number of unbranched alkanes of at least 4 members (excludes halogenated alkanes) is 7. The fourth-order valence-electron chi connectivity index (χ4n) is 2.06. The topological polar surface area (TPSA) is 89.4 Å². The second-order valence-electron chi connectivity index (χ2n) is 5.28. The molecule has 1 aromatic rings. The molecule has 124 valence electrons. The number of nitrogens with zero attached hydrogens (tertiary/aromatic N) is 2. The van der Waals surface area contributed by atoms with Crippen molar-refractivity contribution >= 4 is 7.82 Å². The minimum atomic E-state index is -4.89. The van der Waals surface area contributed by atoms with E-state index in [0.717, 1.165) is 0 Å². The van der Waals surface area contributed by atoms with Crippen molar-refractivity contribution in [2.75, 3.05) is 0 Å². The minimum absolute atomic E-state index is 1.18. The lowest BCUT2D eigenvalue weighted by Gasteiger charge is -2.01. The van der Waals surface area contributed by atoms with Gasteiger partial charge in [-0.05, 0) is 12.8 Å². The van der Waals surface area contributed by atoms with Crippen LogP contribution >= 0.6 is 7.82 Å². The lowest BCUT2D eigenvalue weighted by atomic mass is 10.1. The first-order valence-electron chi connectivity index (χ1n) is 7.60. The van der Waals surface area contributed by atoms with E-state index < -0.39 is 7.82 Å². The van der Waals surface area contributed by atoms with Crippen molar-refractivity contribution < 1.29 is 23.8 Å². The van der Waals surface area contributed by atoms with E-state index in [1.54, 1.807) is 0 Å². The maximum atomic E-state index is 8.77. The van der Waals surface area contributed by atoms with Gasteiger partial charge in [0.05, 0.1) is 13.6 Å². The van der Waals surface area contributed by atoms with Gasteiger partial charge in [0.1, 0.15) is 12.4 Å². The Kier molecular flexibility index (Phi) is 11.5. The van der Waals surface area contributed by atoms with Crippen molar-refractivity contribution in [3.8, 4) is 0 Å². The molecule has 0 unspecified atom stereocenters. The molecule has 0 spiro atoms. The number of rotatable bonds is 9. The van der Waals surface area contributed by atoms with Crippen LogP contribution in [0.2, 0.25) is 0 Å². The highest BCUT2D eigenvalue weighted by Gasteiger charge is 1.98. The van der Waals surface area contributed by atoms with E-state index in [0.29, 0.717) is 0 Å². The maximum absolute atomic E-state index is 8.77. The Labute approximate surface area is 127 Å². The number of aromatic nitrogens is 2. The summed E-state index contributed by atoms with van der Waals surface area (Å²) in [6.45, 7) is 3.45. The van der Waals surface area contributed by atoms with Crippen molar-refractivity contribution in [3.63, 3.8) is 0 Å². The molecule has 0 saturated carbocycles.